The number of rotatable bonds is 16. The summed E-state index contributed by atoms with van der Waals surface area (Å²) in [6.45, 7) is 15.7. The third-order valence-corrected chi connectivity index (χ3v) is 8.51. The topological polar surface area (TPSA) is 27.7 Å². The number of unbranched alkanes of at least 4 members (excludes halogenated alkanes) is 5. The fourth-order valence-corrected chi connectivity index (χ4v) is 6.92. The van der Waals surface area contributed by atoms with Crippen LogP contribution in [0.25, 0.3) is 0 Å². The van der Waals surface area contributed by atoms with Crippen LogP contribution in [0, 0.1) is 0 Å². The van der Waals surface area contributed by atoms with E-state index in [0.717, 1.165) is 6.04 Å². The summed E-state index contributed by atoms with van der Waals surface area (Å²) in [6, 6.07) is 0.971. The highest BCUT2D eigenvalue weighted by molar-refractivity contribution is 6.60. The molecule has 0 radical (unpaired) electrons. The van der Waals surface area contributed by atoms with Crippen molar-refractivity contribution in [3.05, 3.63) is 0 Å². The monoisotopic (exact) mass is 461 g/mol. The third kappa shape index (κ3) is 14.8. The van der Waals surface area contributed by atoms with Gasteiger partial charge in [-0.25, -0.2) is 0 Å². The van der Waals surface area contributed by atoms with Crippen LogP contribution >= 0.6 is 0 Å². The summed E-state index contributed by atoms with van der Waals surface area (Å²) in [7, 11) is -8.49. The smallest absolute Gasteiger partial charge is 0.418 e. The highest BCUT2D eigenvalue weighted by atomic mass is 28.4. The second-order valence-electron chi connectivity index (χ2n) is 7.94. The molecule has 0 aromatic rings. The molecule has 1 rings (SSSR count). The Hall–Kier alpha value is -0.158. The second kappa shape index (κ2) is 16.5. The second-order valence-corrected chi connectivity index (χ2v) is 10.7. The quantitative estimate of drug-likeness (QED) is 0.117. The van der Waals surface area contributed by atoms with E-state index in [9.17, 15) is 17.3 Å². The van der Waals surface area contributed by atoms with E-state index >= 15 is 0 Å². The van der Waals surface area contributed by atoms with Crippen molar-refractivity contribution in [3.63, 3.8) is 0 Å². The molecule has 0 aromatic heterocycles. The van der Waals surface area contributed by atoms with E-state index in [4.69, 9.17) is 13.3 Å². The Morgan fingerprint density at radius 3 is 1.57 bits per heavy atom. The van der Waals surface area contributed by atoms with Gasteiger partial charge in [-0.05, 0) is 33.6 Å². The van der Waals surface area contributed by atoms with Crippen molar-refractivity contribution in [1.82, 2.24) is 0 Å². The Kier molecular flexibility index (Phi) is 16.4. The van der Waals surface area contributed by atoms with Gasteiger partial charge in [-0.3, -0.25) is 0 Å². The van der Waals surface area contributed by atoms with Gasteiger partial charge in [0.1, 0.15) is 0 Å². The molecule has 0 atom stereocenters. The van der Waals surface area contributed by atoms with Crippen LogP contribution in [0.5, 0.6) is 0 Å². The first-order valence-corrected chi connectivity index (χ1v) is 13.7. The zero-order chi connectivity index (χ0) is 22.9. The molecule has 0 aliphatic carbocycles. The van der Waals surface area contributed by atoms with Gasteiger partial charge < -0.3 is 35.0 Å². The Morgan fingerprint density at radius 2 is 1.13 bits per heavy atom. The van der Waals surface area contributed by atoms with Gasteiger partial charge in [-0.15, -0.1) is 0 Å². The molecule has 0 unspecified atom stereocenters. The van der Waals surface area contributed by atoms with Crippen LogP contribution in [0.2, 0.25) is 6.04 Å². The van der Waals surface area contributed by atoms with Gasteiger partial charge in [-0.2, -0.15) is 0 Å². The van der Waals surface area contributed by atoms with E-state index in [-0.39, 0.29) is 0 Å². The molecule has 30 heavy (non-hydrogen) atoms. The van der Waals surface area contributed by atoms with E-state index in [1.54, 1.807) is 0 Å². The minimum absolute atomic E-state index is 0.684. The molecule has 1 saturated heterocycles. The van der Waals surface area contributed by atoms with Crippen molar-refractivity contribution in [2.24, 2.45) is 0 Å². The lowest BCUT2D eigenvalue weighted by Gasteiger charge is -2.37. The van der Waals surface area contributed by atoms with E-state index in [1.807, 2.05) is 0 Å². The van der Waals surface area contributed by atoms with Crippen LogP contribution in [-0.4, -0.2) is 66.5 Å². The number of halogens is 4. The zero-order valence-electron chi connectivity index (χ0n) is 19.6. The van der Waals surface area contributed by atoms with Crippen LogP contribution in [0.4, 0.5) is 17.3 Å². The Labute approximate surface area is 182 Å². The zero-order valence-corrected chi connectivity index (χ0v) is 20.6. The van der Waals surface area contributed by atoms with Crippen molar-refractivity contribution in [2.45, 2.75) is 85.1 Å². The average Bonchev–Trinajstić information content (AvgIpc) is 3.12. The fraction of sp³-hybridized carbons (Fsp3) is 1.00. The number of likely N-dealkylation sites (tertiary alicyclic amines) is 1. The molecule has 182 valence electrons. The summed E-state index contributed by atoms with van der Waals surface area (Å²) in [4.78, 5) is 0. The van der Waals surface area contributed by atoms with Crippen molar-refractivity contribution in [1.29, 1.82) is 0 Å². The van der Waals surface area contributed by atoms with E-state index in [0.29, 0.717) is 19.8 Å². The summed E-state index contributed by atoms with van der Waals surface area (Å²) in [5, 5.41) is 0. The molecule has 0 bridgehead atoms. The SMILES string of the molecule is CCCCCCCC[N+]1(CC[Si](OCC)(OCC)OCC)CCCC1.F[B-](F)(F)F. The molecular weight excluding hydrogens is 417 g/mol. The molecule has 1 fully saturated rings. The normalized spacial score (nSPS) is 16.4. The molecule has 10 heteroatoms. The molecule has 1 aliphatic heterocycles. The number of hydrogen-bond donors (Lipinski definition) is 0. The van der Waals surface area contributed by atoms with Crippen LogP contribution < -0.4 is 0 Å². The van der Waals surface area contributed by atoms with Gasteiger partial charge in [0.15, 0.2) is 0 Å². The standard InChI is InChI=1S/C20H44NO3Si.BF4/c1-5-9-10-11-12-13-16-21(17-14-15-18-21)19-20-25(22-6-2,23-7-3)24-8-4;2-1(3,4)5/h5-20H2,1-4H3;/q+1;-1. The number of hydrogen-bond acceptors (Lipinski definition) is 3. The number of quaternary nitrogens is 1. The molecule has 1 heterocycles. The minimum Gasteiger partial charge on any atom is -0.418 e. The van der Waals surface area contributed by atoms with Gasteiger partial charge >= 0.3 is 16.1 Å². The summed E-state index contributed by atoms with van der Waals surface area (Å²) in [6.07, 6.45) is 11.1. The molecule has 4 nitrogen and oxygen atoms in total. The maximum Gasteiger partial charge on any atom is 0.673 e. The Morgan fingerprint density at radius 1 is 0.700 bits per heavy atom. The van der Waals surface area contributed by atoms with Gasteiger partial charge in [0.2, 0.25) is 0 Å². The molecule has 0 aromatic carbocycles. The van der Waals surface area contributed by atoms with Crippen molar-refractivity contribution < 1.29 is 35.0 Å². The Bertz CT molecular complexity index is 391. The van der Waals surface area contributed by atoms with E-state index in [1.165, 1.54) is 82.0 Å². The summed E-state index contributed by atoms with van der Waals surface area (Å²) in [5.74, 6) is 0. The minimum atomic E-state index is -6.00. The lowest BCUT2D eigenvalue weighted by Crippen LogP contribution is -2.53. The summed E-state index contributed by atoms with van der Waals surface area (Å²) in [5.41, 5.74) is 0. The van der Waals surface area contributed by atoms with Crippen LogP contribution in [0.1, 0.15) is 79.1 Å². The highest BCUT2D eigenvalue weighted by Crippen LogP contribution is 2.26. The highest BCUT2D eigenvalue weighted by Gasteiger charge is 2.44. The lowest BCUT2D eigenvalue weighted by atomic mass is 10.1. The molecule has 0 spiro atoms. The van der Waals surface area contributed by atoms with E-state index < -0.39 is 16.1 Å². The molecule has 0 amide bonds. The lowest BCUT2D eigenvalue weighted by molar-refractivity contribution is -0.915. The van der Waals surface area contributed by atoms with Gasteiger partial charge in [0.25, 0.3) is 0 Å². The van der Waals surface area contributed by atoms with Crippen LogP contribution in [-0.2, 0) is 13.3 Å². The maximum atomic E-state index is 9.75. The van der Waals surface area contributed by atoms with Gasteiger partial charge in [0, 0.05) is 32.7 Å². The number of nitrogens with zero attached hydrogens (tertiary/aromatic N) is 1. The van der Waals surface area contributed by atoms with Crippen LogP contribution in [0.15, 0.2) is 0 Å². The van der Waals surface area contributed by atoms with Crippen LogP contribution in [0.3, 0.4) is 0 Å². The van der Waals surface area contributed by atoms with Crippen molar-refractivity contribution in [2.75, 3.05) is 46.0 Å². The summed E-state index contributed by atoms with van der Waals surface area (Å²) >= 11 is 0. The van der Waals surface area contributed by atoms with Crippen molar-refractivity contribution in [3.8, 4) is 0 Å². The largest absolute Gasteiger partial charge is 0.673 e. The molecule has 0 N–H and O–H groups in total. The first-order chi connectivity index (χ1) is 14.2. The third-order valence-electron chi connectivity index (χ3n) is 5.49. The first kappa shape index (κ1) is 29.8. The molecule has 0 saturated carbocycles. The predicted molar refractivity (Wildman–Crippen MR) is 118 cm³/mol. The Balaban J connectivity index is 0.00000150. The van der Waals surface area contributed by atoms with Crippen molar-refractivity contribution >= 4 is 16.1 Å². The first-order valence-electron chi connectivity index (χ1n) is 11.8. The molecule has 1 aliphatic rings. The fourth-order valence-electron chi connectivity index (χ4n) is 4.17. The predicted octanol–water partition coefficient (Wildman–Crippen LogP) is 6.31. The van der Waals surface area contributed by atoms with Gasteiger partial charge in [-0.1, -0.05) is 32.6 Å². The molecular formula is C20H44BF4NO3Si. The van der Waals surface area contributed by atoms with E-state index in [2.05, 4.69) is 27.7 Å². The maximum absolute atomic E-state index is 9.75. The average molecular weight is 461 g/mol. The summed E-state index contributed by atoms with van der Waals surface area (Å²) < 4.78 is 58.5. The van der Waals surface area contributed by atoms with Gasteiger partial charge in [0.05, 0.1) is 32.2 Å².